The van der Waals surface area contributed by atoms with Gasteiger partial charge in [-0.3, -0.25) is 4.79 Å². The van der Waals surface area contributed by atoms with Gasteiger partial charge in [0.15, 0.2) is 0 Å². The van der Waals surface area contributed by atoms with E-state index < -0.39 is 5.97 Å². The molecule has 0 aromatic heterocycles. The van der Waals surface area contributed by atoms with Crippen LogP contribution in [-0.4, -0.2) is 21.3 Å². The molecule has 4 heteroatoms. The smallest absolute Gasteiger partial charge is 0.307 e. The van der Waals surface area contributed by atoms with Gasteiger partial charge in [0.25, 0.3) is 0 Å². The quantitative estimate of drug-likeness (QED) is 0.659. The number of aromatic hydroxyl groups is 2. The molecule has 0 radical (unpaired) electrons. The molecule has 0 fully saturated rings. The maximum Gasteiger partial charge on any atom is 0.307 e. The molecule has 3 N–H and O–H groups in total. The summed E-state index contributed by atoms with van der Waals surface area (Å²) in [5, 5.41) is 30.1. The van der Waals surface area contributed by atoms with Crippen LogP contribution in [0.3, 0.4) is 0 Å². The molecule has 0 spiro atoms. The highest BCUT2D eigenvalue weighted by atomic mass is 16.4. The number of carbonyl (C=O) groups is 1. The molecule has 0 bridgehead atoms. The van der Waals surface area contributed by atoms with Gasteiger partial charge >= 0.3 is 5.97 Å². The van der Waals surface area contributed by atoms with Crippen LogP contribution in [0.5, 0.6) is 11.5 Å². The lowest BCUT2D eigenvalue weighted by Gasteiger charge is -2.17. The normalized spacial score (nSPS) is 10.6. The summed E-state index contributed by atoms with van der Waals surface area (Å²) in [5.74, 6) is -1.24. The first-order valence-electron chi connectivity index (χ1n) is 7.94. The molecule has 3 aromatic rings. The van der Waals surface area contributed by atoms with Crippen molar-refractivity contribution in [3.05, 3.63) is 83.4 Å². The third-order valence-electron chi connectivity index (χ3n) is 4.12. The Bertz CT molecular complexity index is 887. The average Bonchev–Trinajstić information content (AvgIpc) is 2.59. The summed E-state index contributed by atoms with van der Waals surface area (Å²) in [7, 11) is 0. The van der Waals surface area contributed by atoms with Crippen molar-refractivity contribution in [1.29, 1.82) is 0 Å². The van der Waals surface area contributed by atoms with E-state index in [1.807, 2.05) is 60.7 Å². The highest BCUT2D eigenvalue weighted by molar-refractivity contribution is 5.82. The second-order valence-corrected chi connectivity index (χ2v) is 5.85. The molecular weight excluding hydrogens is 316 g/mol. The number of aliphatic carboxylic acids is 1. The SMILES string of the molecule is O=C(O)Cc1c(Cc2ccccc2)c(O)cc(O)c1-c1ccccc1. The second-order valence-electron chi connectivity index (χ2n) is 5.85. The predicted octanol–water partition coefficient (Wildman–Crippen LogP) is 3.98. The van der Waals surface area contributed by atoms with Gasteiger partial charge in [0.05, 0.1) is 6.42 Å². The molecule has 0 saturated heterocycles. The molecule has 4 nitrogen and oxygen atoms in total. The molecule has 0 saturated carbocycles. The predicted molar refractivity (Wildman–Crippen MR) is 95.8 cm³/mol. The van der Waals surface area contributed by atoms with E-state index in [1.165, 1.54) is 6.07 Å². The summed E-state index contributed by atoms with van der Waals surface area (Å²) in [6.45, 7) is 0. The van der Waals surface area contributed by atoms with Crippen LogP contribution in [0.4, 0.5) is 0 Å². The van der Waals surface area contributed by atoms with Crippen LogP contribution in [-0.2, 0) is 17.6 Å². The minimum atomic E-state index is -1.02. The molecule has 0 heterocycles. The summed E-state index contributed by atoms with van der Waals surface area (Å²) in [5.41, 5.74) is 3.07. The van der Waals surface area contributed by atoms with E-state index in [0.29, 0.717) is 28.7 Å². The second kappa shape index (κ2) is 7.09. The van der Waals surface area contributed by atoms with Gasteiger partial charge < -0.3 is 15.3 Å². The first-order valence-corrected chi connectivity index (χ1v) is 7.94. The Labute approximate surface area is 145 Å². The van der Waals surface area contributed by atoms with Crippen molar-refractivity contribution in [3.63, 3.8) is 0 Å². The maximum atomic E-state index is 11.4. The number of carboxylic acids is 1. The van der Waals surface area contributed by atoms with Crippen molar-refractivity contribution in [2.24, 2.45) is 0 Å². The molecule has 126 valence electrons. The number of hydrogen-bond acceptors (Lipinski definition) is 3. The van der Waals surface area contributed by atoms with E-state index in [9.17, 15) is 20.1 Å². The van der Waals surface area contributed by atoms with Gasteiger partial charge in [-0.2, -0.15) is 0 Å². The van der Waals surface area contributed by atoms with E-state index >= 15 is 0 Å². The zero-order valence-electron chi connectivity index (χ0n) is 13.5. The van der Waals surface area contributed by atoms with E-state index in [-0.39, 0.29) is 17.9 Å². The number of rotatable bonds is 5. The van der Waals surface area contributed by atoms with Crippen LogP contribution >= 0.6 is 0 Å². The minimum Gasteiger partial charge on any atom is -0.508 e. The Hall–Kier alpha value is -3.27. The van der Waals surface area contributed by atoms with Gasteiger partial charge in [0.2, 0.25) is 0 Å². The highest BCUT2D eigenvalue weighted by Gasteiger charge is 2.21. The largest absolute Gasteiger partial charge is 0.508 e. The van der Waals surface area contributed by atoms with Crippen LogP contribution in [0.15, 0.2) is 66.7 Å². The number of phenolic OH excluding ortho intramolecular Hbond substituents is 2. The monoisotopic (exact) mass is 334 g/mol. The summed E-state index contributed by atoms with van der Waals surface area (Å²) < 4.78 is 0. The zero-order chi connectivity index (χ0) is 17.8. The number of phenols is 2. The van der Waals surface area contributed by atoms with Crippen molar-refractivity contribution in [1.82, 2.24) is 0 Å². The van der Waals surface area contributed by atoms with Gasteiger partial charge in [0.1, 0.15) is 11.5 Å². The molecule has 0 unspecified atom stereocenters. The number of carboxylic acid groups (broad SMARTS) is 1. The molecule has 0 aliphatic carbocycles. The molecule has 3 aromatic carbocycles. The molecule has 3 rings (SSSR count). The van der Waals surface area contributed by atoms with Gasteiger partial charge in [-0.05, 0) is 16.7 Å². The molecule has 0 atom stereocenters. The lowest BCUT2D eigenvalue weighted by Crippen LogP contribution is -2.07. The fraction of sp³-hybridized carbons (Fsp3) is 0.0952. The molecule has 0 aliphatic rings. The third kappa shape index (κ3) is 3.63. The highest BCUT2D eigenvalue weighted by Crippen LogP contribution is 2.40. The summed E-state index contributed by atoms with van der Waals surface area (Å²) in [6.07, 6.45) is 0.101. The zero-order valence-corrected chi connectivity index (χ0v) is 13.5. The molecular formula is C21H18O4. The van der Waals surface area contributed by atoms with Crippen LogP contribution in [0.2, 0.25) is 0 Å². The van der Waals surface area contributed by atoms with Crippen molar-refractivity contribution in [3.8, 4) is 22.6 Å². The van der Waals surface area contributed by atoms with Gasteiger partial charge in [-0.15, -0.1) is 0 Å². The Balaban J connectivity index is 2.21. The molecule has 0 aliphatic heterocycles. The van der Waals surface area contributed by atoms with Crippen LogP contribution < -0.4 is 0 Å². The Morgan fingerprint density at radius 2 is 1.40 bits per heavy atom. The van der Waals surface area contributed by atoms with E-state index in [2.05, 4.69) is 0 Å². The van der Waals surface area contributed by atoms with Gasteiger partial charge in [-0.1, -0.05) is 60.7 Å². The third-order valence-corrected chi connectivity index (χ3v) is 4.12. The fourth-order valence-electron chi connectivity index (χ4n) is 3.02. The first-order chi connectivity index (χ1) is 12.1. The Morgan fingerprint density at radius 1 is 0.800 bits per heavy atom. The topological polar surface area (TPSA) is 77.8 Å². The van der Waals surface area contributed by atoms with Gasteiger partial charge in [-0.25, -0.2) is 0 Å². The average molecular weight is 334 g/mol. The summed E-state index contributed by atoms with van der Waals surface area (Å²) >= 11 is 0. The molecule has 0 amide bonds. The van der Waals surface area contributed by atoms with Crippen molar-refractivity contribution >= 4 is 5.97 Å². The van der Waals surface area contributed by atoms with Crippen LogP contribution in [0, 0.1) is 0 Å². The first kappa shape index (κ1) is 16.6. The lowest BCUT2D eigenvalue weighted by molar-refractivity contribution is -0.136. The minimum absolute atomic E-state index is 0.0997. The Morgan fingerprint density at radius 3 is 2.00 bits per heavy atom. The lowest BCUT2D eigenvalue weighted by atomic mass is 9.89. The van der Waals surface area contributed by atoms with E-state index in [0.717, 1.165) is 5.56 Å². The maximum absolute atomic E-state index is 11.4. The van der Waals surface area contributed by atoms with Crippen LogP contribution in [0.25, 0.3) is 11.1 Å². The van der Waals surface area contributed by atoms with E-state index in [4.69, 9.17) is 0 Å². The van der Waals surface area contributed by atoms with Crippen molar-refractivity contribution in [2.45, 2.75) is 12.8 Å². The van der Waals surface area contributed by atoms with Gasteiger partial charge in [0, 0.05) is 23.6 Å². The fourth-order valence-corrected chi connectivity index (χ4v) is 3.02. The summed E-state index contributed by atoms with van der Waals surface area (Å²) in [4.78, 5) is 11.4. The number of benzene rings is 3. The summed E-state index contributed by atoms with van der Waals surface area (Å²) in [6, 6.07) is 19.9. The van der Waals surface area contributed by atoms with Crippen LogP contribution in [0.1, 0.15) is 16.7 Å². The van der Waals surface area contributed by atoms with E-state index in [1.54, 1.807) is 0 Å². The standard InChI is InChI=1S/C21H18O4/c22-18-13-19(23)21(15-9-5-2-6-10-15)17(12-20(24)25)16(18)11-14-7-3-1-4-8-14/h1-10,13,22-23H,11-12H2,(H,24,25). The molecule has 25 heavy (non-hydrogen) atoms. The number of hydrogen-bond donors (Lipinski definition) is 3. The van der Waals surface area contributed by atoms with Crippen molar-refractivity contribution in [2.75, 3.05) is 0 Å². The Kier molecular flexibility index (Phi) is 4.70. The van der Waals surface area contributed by atoms with Crippen molar-refractivity contribution < 1.29 is 20.1 Å².